The predicted molar refractivity (Wildman–Crippen MR) is 77.6 cm³/mol. The van der Waals surface area contributed by atoms with Crippen LogP contribution in [0.15, 0.2) is 10.1 Å². The molecule has 8 atom stereocenters. The second-order valence-corrected chi connectivity index (χ2v) is 9.58. The largest absolute Gasteiger partial charge is 0.369 e. The predicted octanol–water partition coefficient (Wildman–Crippen LogP) is 4.48. The molecular formula is C12H8Cl6O. The van der Waals surface area contributed by atoms with Gasteiger partial charge in [-0.1, -0.05) is 46.4 Å². The highest BCUT2D eigenvalue weighted by Gasteiger charge is 2.89. The Hall–Kier alpha value is 1.44. The van der Waals surface area contributed by atoms with Gasteiger partial charge in [0, 0.05) is 0 Å². The van der Waals surface area contributed by atoms with Crippen LogP contribution in [-0.2, 0) is 4.74 Å². The highest BCUT2D eigenvalue weighted by molar-refractivity contribution is 6.65. The lowest BCUT2D eigenvalue weighted by atomic mass is 10.7. The maximum absolute atomic E-state index is 6.82. The third-order valence-electron chi connectivity index (χ3n) is 5.92. The molecule has 1 heterocycles. The number of alkyl halides is 4. The van der Waals surface area contributed by atoms with E-state index < -0.39 is 14.1 Å². The molecule has 0 unspecified atom stereocenters. The van der Waals surface area contributed by atoms with Crippen molar-refractivity contribution in [2.45, 2.75) is 32.7 Å². The summed E-state index contributed by atoms with van der Waals surface area (Å²) in [5.74, 6) is 0.776. The first-order chi connectivity index (χ1) is 8.78. The van der Waals surface area contributed by atoms with E-state index in [2.05, 4.69) is 0 Å². The number of rotatable bonds is 0. The van der Waals surface area contributed by atoms with E-state index in [-0.39, 0.29) is 24.0 Å². The van der Waals surface area contributed by atoms with E-state index in [1.54, 1.807) is 0 Å². The second kappa shape index (κ2) is 3.20. The second-order valence-electron chi connectivity index (χ2n) is 6.31. The van der Waals surface area contributed by atoms with Gasteiger partial charge in [0.1, 0.15) is 9.75 Å². The Balaban J connectivity index is 1.80. The third-order valence-corrected chi connectivity index (χ3v) is 10.2. The van der Waals surface area contributed by atoms with Crippen LogP contribution < -0.4 is 0 Å². The summed E-state index contributed by atoms with van der Waals surface area (Å²) in [5.41, 5.74) is 0. The number of hydrogen-bond acceptors (Lipinski definition) is 1. The first-order valence-corrected chi connectivity index (χ1v) is 8.52. The van der Waals surface area contributed by atoms with Crippen molar-refractivity contribution in [3.63, 3.8) is 0 Å². The lowest BCUT2D eigenvalue weighted by Crippen LogP contribution is -2.46. The Kier molecular flexibility index (Phi) is 2.18. The van der Waals surface area contributed by atoms with E-state index in [0.29, 0.717) is 21.9 Å². The highest BCUT2D eigenvalue weighted by Crippen LogP contribution is 2.84. The van der Waals surface area contributed by atoms with Crippen LogP contribution in [0.4, 0.5) is 0 Å². The average molecular weight is 393 g/mol. The van der Waals surface area contributed by atoms with E-state index >= 15 is 0 Å². The van der Waals surface area contributed by atoms with Gasteiger partial charge in [0.05, 0.1) is 22.3 Å². The van der Waals surface area contributed by atoms with Crippen molar-refractivity contribution in [3.8, 4) is 0 Å². The molecule has 0 spiro atoms. The fourth-order valence-corrected chi connectivity index (χ4v) is 8.43. The first-order valence-electron chi connectivity index (χ1n) is 6.25. The van der Waals surface area contributed by atoms with E-state index in [0.717, 1.165) is 6.42 Å². The normalized spacial score (nSPS) is 66.6. The molecule has 7 heteroatoms. The van der Waals surface area contributed by atoms with Gasteiger partial charge in [-0.05, 0) is 30.1 Å². The van der Waals surface area contributed by atoms with E-state index in [1.165, 1.54) is 0 Å². The summed E-state index contributed by atoms with van der Waals surface area (Å²) in [5, 5.41) is 0.642. The van der Waals surface area contributed by atoms with Crippen molar-refractivity contribution in [3.05, 3.63) is 10.1 Å². The van der Waals surface area contributed by atoms with Gasteiger partial charge in [-0.15, -0.1) is 23.2 Å². The van der Waals surface area contributed by atoms with Crippen molar-refractivity contribution < 1.29 is 4.74 Å². The lowest BCUT2D eigenvalue weighted by molar-refractivity contribution is 0.237. The Morgan fingerprint density at radius 1 is 0.842 bits per heavy atom. The van der Waals surface area contributed by atoms with E-state index in [9.17, 15) is 0 Å². The number of fused-ring (bicyclic) bond motifs is 12. The molecule has 4 fully saturated rings. The van der Waals surface area contributed by atoms with Gasteiger partial charge in [0.15, 0.2) is 4.33 Å². The van der Waals surface area contributed by atoms with Gasteiger partial charge in [0.2, 0.25) is 0 Å². The molecule has 0 radical (unpaired) electrons. The van der Waals surface area contributed by atoms with Gasteiger partial charge in [-0.25, -0.2) is 0 Å². The van der Waals surface area contributed by atoms with Gasteiger partial charge >= 0.3 is 0 Å². The molecule has 104 valence electrons. The van der Waals surface area contributed by atoms with Crippen molar-refractivity contribution in [2.24, 2.45) is 23.7 Å². The van der Waals surface area contributed by atoms with Crippen molar-refractivity contribution >= 4 is 69.6 Å². The van der Waals surface area contributed by atoms with Crippen LogP contribution in [-0.4, -0.2) is 26.3 Å². The zero-order valence-corrected chi connectivity index (χ0v) is 13.9. The molecule has 1 nitrogen and oxygen atoms in total. The SMILES string of the molecule is Cl[13C]1=[13C](Cl)[13C@]2(Cl)[13C@@H]3[13C@H]4[13CH2][13C@H]([13C@@H]5O[13C@H]45)[13C@@H]3[13C@@]1(Cl)[13C]2(Cl)Cl. The molecule has 19 heavy (non-hydrogen) atoms. The number of allylic oxidation sites excluding steroid dienone is 2. The summed E-state index contributed by atoms with van der Waals surface area (Å²) in [6, 6.07) is 0. The standard InChI is InChI=1S/C12H8Cl6O/c13-8-9(14)11(16)5-3-1-2(6-7(3)19-6)4(5)10(8,15)12(11,17)18/h2-7H,1H2/t2-,3+,4-,5+,6-,7+,10-,11+/i1+1,2+1,3+1,4+1,5+1,6+1,7+1,8+1,9+1,10+1,11+1,12+1. The maximum Gasteiger partial charge on any atom is 0.166 e. The van der Waals surface area contributed by atoms with Crippen molar-refractivity contribution in [1.29, 1.82) is 0 Å². The van der Waals surface area contributed by atoms with E-state index in [1.807, 2.05) is 0 Å². The Morgan fingerprint density at radius 2 is 1.26 bits per heavy atom. The molecule has 5 aliphatic rings. The minimum Gasteiger partial charge on any atom is -0.369 e. The minimum absolute atomic E-state index is 0.0467. The summed E-state index contributed by atoms with van der Waals surface area (Å²) in [4.78, 5) is -2.17. The smallest absolute Gasteiger partial charge is 0.166 e. The summed E-state index contributed by atoms with van der Waals surface area (Å²) < 4.78 is 4.35. The molecule has 0 N–H and O–H groups in total. The molecule has 1 saturated heterocycles. The molecule has 4 bridgehead atoms. The zero-order chi connectivity index (χ0) is 13.5. The maximum atomic E-state index is 6.82. The summed E-state index contributed by atoms with van der Waals surface area (Å²) in [6.45, 7) is 0. The minimum atomic E-state index is -1.37. The molecule has 0 aromatic carbocycles. The number of ether oxygens (including phenoxy) is 1. The van der Waals surface area contributed by atoms with Gasteiger partial charge < -0.3 is 4.74 Å². The summed E-state index contributed by atoms with van der Waals surface area (Å²) in [6.07, 6.45) is 1.63. The van der Waals surface area contributed by atoms with Crippen LogP contribution >= 0.6 is 69.6 Å². The van der Waals surface area contributed by atoms with Gasteiger partial charge in [-0.3, -0.25) is 0 Å². The molecule has 0 amide bonds. The monoisotopic (exact) mass is 390 g/mol. The first kappa shape index (κ1) is 12.9. The van der Waals surface area contributed by atoms with Crippen LogP contribution in [0.1, 0.15) is 6.42 Å². The van der Waals surface area contributed by atoms with Crippen LogP contribution in [0.25, 0.3) is 0 Å². The topological polar surface area (TPSA) is 12.5 Å². The summed E-state index contributed by atoms with van der Waals surface area (Å²) in [7, 11) is 0. The molecule has 4 aliphatic carbocycles. The molecular weight excluding hydrogens is 385 g/mol. The zero-order valence-electron chi connectivity index (χ0n) is 9.35. The molecule has 0 aromatic rings. The molecule has 0 aromatic heterocycles. The lowest BCUT2D eigenvalue weighted by Gasteiger charge is -2.38. The fraction of sp³-hybridized carbons (Fsp3) is 0.833. The average Bonchev–Trinajstić information content (AvgIpc) is 2.91. The molecule has 1 aliphatic heterocycles. The van der Waals surface area contributed by atoms with Crippen molar-refractivity contribution in [2.75, 3.05) is 0 Å². The Labute approximate surface area is 140 Å². The fourth-order valence-electron chi connectivity index (χ4n) is 5.30. The number of halogens is 6. The Bertz CT molecular complexity index is 516. The molecule has 5 rings (SSSR count). The Morgan fingerprint density at radius 3 is 1.68 bits per heavy atom. The van der Waals surface area contributed by atoms with E-state index in [4.69, 9.17) is 74.3 Å². The third kappa shape index (κ3) is 0.986. The van der Waals surface area contributed by atoms with Crippen LogP contribution in [0.5, 0.6) is 0 Å². The van der Waals surface area contributed by atoms with Crippen molar-refractivity contribution in [1.82, 2.24) is 0 Å². The highest BCUT2D eigenvalue weighted by atomic mass is 35.5. The molecule has 3 saturated carbocycles. The van der Waals surface area contributed by atoms with Gasteiger partial charge in [-0.2, -0.15) is 0 Å². The van der Waals surface area contributed by atoms with Crippen LogP contribution in [0.3, 0.4) is 0 Å². The summed E-state index contributed by atoms with van der Waals surface area (Å²) >= 11 is 39.5. The number of epoxide rings is 1. The van der Waals surface area contributed by atoms with Crippen LogP contribution in [0.2, 0.25) is 0 Å². The quantitative estimate of drug-likeness (QED) is 0.256. The van der Waals surface area contributed by atoms with Crippen LogP contribution in [0, 0.1) is 23.7 Å². The number of hydrogen-bond donors (Lipinski definition) is 0. The van der Waals surface area contributed by atoms with Gasteiger partial charge in [0.25, 0.3) is 0 Å².